The summed E-state index contributed by atoms with van der Waals surface area (Å²) < 4.78 is 1.07. The van der Waals surface area contributed by atoms with Crippen LogP contribution in [-0.4, -0.2) is 45.9 Å². The summed E-state index contributed by atoms with van der Waals surface area (Å²) in [5, 5.41) is 10.9. The summed E-state index contributed by atoms with van der Waals surface area (Å²) in [4.78, 5) is 30.9. The number of phenols is 1. The van der Waals surface area contributed by atoms with Gasteiger partial charge in [0.2, 0.25) is 5.91 Å². The molecule has 3 aromatic carbocycles. The molecular weight excluding hydrogens is 444 g/mol. The van der Waals surface area contributed by atoms with Crippen LogP contribution >= 0.6 is 11.3 Å². The van der Waals surface area contributed by atoms with Crippen LogP contribution in [0.4, 0.5) is 0 Å². The number of carbonyl (C=O) groups is 2. The number of aromatic hydroxyl groups is 1. The van der Waals surface area contributed by atoms with Crippen LogP contribution < -0.4 is 0 Å². The van der Waals surface area contributed by atoms with E-state index in [1.54, 1.807) is 23.1 Å². The zero-order chi connectivity index (χ0) is 23.5. The minimum atomic E-state index is -0.109. The van der Waals surface area contributed by atoms with E-state index in [9.17, 15) is 14.7 Å². The largest absolute Gasteiger partial charge is 0.508 e. The van der Waals surface area contributed by atoms with Crippen LogP contribution in [0, 0.1) is 0 Å². The van der Waals surface area contributed by atoms with Gasteiger partial charge in [0.1, 0.15) is 12.3 Å². The average Bonchev–Trinajstić information content (AvgIpc) is 3.29. The van der Waals surface area contributed by atoms with E-state index < -0.39 is 0 Å². The number of rotatable bonds is 6. The van der Waals surface area contributed by atoms with Gasteiger partial charge in [-0.3, -0.25) is 9.59 Å². The summed E-state index contributed by atoms with van der Waals surface area (Å²) in [6, 6.07) is 27.0. The molecule has 34 heavy (non-hydrogen) atoms. The average molecular weight is 471 g/mol. The summed E-state index contributed by atoms with van der Waals surface area (Å²) in [5.74, 6) is 0.0303. The van der Waals surface area contributed by atoms with Gasteiger partial charge in [-0.05, 0) is 53.6 Å². The summed E-state index contributed by atoms with van der Waals surface area (Å²) in [6.45, 7) is 0.968. The van der Waals surface area contributed by atoms with Crippen molar-refractivity contribution >= 4 is 33.2 Å². The normalized spacial score (nSPS) is 16.2. The van der Waals surface area contributed by atoms with Gasteiger partial charge in [-0.25, -0.2) is 0 Å². The molecule has 0 unspecified atom stereocenters. The fraction of sp³-hybridized carbons (Fsp3) is 0.214. The SMILES string of the molecule is O=C(c1cc2ccccc2s1)N1CC(=O)N(Cc2cccc(O)c2)[C@@H](CCc2ccccc2)C1. The molecule has 172 valence electrons. The second-order valence-electron chi connectivity index (χ2n) is 8.70. The molecule has 1 atom stereocenters. The van der Waals surface area contributed by atoms with Crippen LogP contribution in [0.5, 0.6) is 5.75 Å². The number of nitrogens with zero attached hydrogens (tertiary/aromatic N) is 2. The van der Waals surface area contributed by atoms with E-state index in [-0.39, 0.29) is 30.2 Å². The maximum absolute atomic E-state index is 13.4. The summed E-state index contributed by atoms with van der Waals surface area (Å²) in [5.41, 5.74) is 2.09. The predicted octanol–water partition coefficient (Wildman–Crippen LogP) is 5.09. The molecule has 2 amide bonds. The number of hydrogen-bond donors (Lipinski definition) is 1. The van der Waals surface area contributed by atoms with Crippen LogP contribution in [0.15, 0.2) is 84.9 Å². The molecule has 5 rings (SSSR count). The maximum atomic E-state index is 13.4. The molecular formula is C28H26N2O3S. The number of fused-ring (bicyclic) bond motifs is 1. The third-order valence-electron chi connectivity index (χ3n) is 6.31. The number of hydrogen-bond acceptors (Lipinski definition) is 4. The number of aryl methyl sites for hydroxylation is 1. The van der Waals surface area contributed by atoms with Crippen molar-refractivity contribution < 1.29 is 14.7 Å². The van der Waals surface area contributed by atoms with Crippen LogP contribution in [-0.2, 0) is 17.8 Å². The van der Waals surface area contributed by atoms with Gasteiger partial charge < -0.3 is 14.9 Å². The van der Waals surface area contributed by atoms with E-state index >= 15 is 0 Å². The van der Waals surface area contributed by atoms with Gasteiger partial charge in [0.25, 0.3) is 5.91 Å². The Labute approximate surface area is 202 Å². The second kappa shape index (κ2) is 9.69. The topological polar surface area (TPSA) is 60.9 Å². The van der Waals surface area contributed by atoms with E-state index in [0.717, 1.165) is 28.5 Å². The first-order chi connectivity index (χ1) is 16.6. The van der Waals surface area contributed by atoms with Crippen molar-refractivity contribution in [3.8, 4) is 5.75 Å². The Morgan fingerprint density at radius 1 is 0.941 bits per heavy atom. The monoisotopic (exact) mass is 470 g/mol. The van der Waals surface area contributed by atoms with Crippen molar-refractivity contribution in [2.24, 2.45) is 0 Å². The Morgan fingerprint density at radius 3 is 2.50 bits per heavy atom. The molecule has 2 heterocycles. The standard InChI is InChI=1S/C28H26N2O3S/c31-24-11-6-9-21(15-24)17-30-23(14-13-20-7-2-1-3-8-20)18-29(19-27(30)32)28(33)26-16-22-10-4-5-12-25(22)34-26/h1-12,15-16,23,31H,13-14,17-19H2/t23-/m0/s1. The Morgan fingerprint density at radius 2 is 1.71 bits per heavy atom. The Balaban J connectivity index is 1.38. The van der Waals surface area contributed by atoms with Crippen LogP contribution in [0.3, 0.4) is 0 Å². The zero-order valence-electron chi connectivity index (χ0n) is 18.8. The molecule has 0 spiro atoms. The first-order valence-corrected chi connectivity index (χ1v) is 12.3. The summed E-state index contributed by atoms with van der Waals surface area (Å²) >= 11 is 1.47. The first-order valence-electron chi connectivity index (χ1n) is 11.5. The second-order valence-corrected chi connectivity index (χ2v) is 9.79. The van der Waals surface area contributed by atoms with Gasteiger partial charge in [-0.1, -0.05) is 60.7 Å². The fourth-order valence-corrected chi connectivity index (χ4v) is 5.60. The molecule has 6 heteroatoms. The maximum Gasteiger partial charge on any atom is 0.264 e. The van der Waals surface area contributed by atoms with Crippen LogP contribution in [0.2, 0.25) is 0 Å². The van der Waals surface area contributed by atoms with Crippen LogP contribution in [0.25, 0.3) is 10.1 Å². The van der Waals surface area contributed by atoms with Crippen molar-refractivity contribution in [2.45, 2.75) is 25.4 Å². The van der Waals surface area contributed by atoms with Gasteiger partial charge in [0, 0.05) is 17.8 Å². The van der Waals surface area contributed by atoms with Crippen molar-refractivity contribution in [1.82, 2.24) is 9.80 Å². The number of piperazine rings is 1. The first kappa shape index (κ1) is 22.2. The van der Waals surface area contributed by atoms with Gasteiger partial charge >= 0.3 is 0 Å². The fourth-order valence-electron chi connectivity index (χ4n) is 4.57. The van der Waals surface area contributed by atoms with Crippen molar-refractivity contribution in [3.63, 3.8) is 0 Å². The number of thiophene rings is 1. The van der Waals surface area contributed by atoms with Crippen molar-refractivity contribution in [1.29, 1.82) is 0 Å². The highest BCUT2D eigenvalue weighted by Gasteiger charge is 2.35. The van der Waals surface area contributed by atoms with Gasteiger partial charge in [-0.2, -0.15) is 0 Å². The molecule has 0 saturated carbocycles. The summed E-state index contributed by atoms with van der Waals surface area (Å²) in [6.07, 6.45) is 1.57. The van der Waals surface area contributed by atoms with E-state index in [4.69, 9.17) is 0 Å². The Bertz CT molecular complexity index is 1280. The van der Waals surface area contributed by atoms with E-state index in [2.05, 4.69) is 12.1 Å². The molecule has 4 aromatic rings. The van der Waals surface area contributed by atoms with E-state index in [1.165, 1.54) is 16.9 Å². The van der Waals surface area contributed by atoms with E-state index in [1.807, 2.05) is 59.5 Å². The third kappa shape index (κ3) is 4.82. The zero-order valence-corrected chi connectivity index (χ0v) is 19.6. The minimum Gasteiger partial charge on any atom is -0.508 e. The van der Waals surface area contributed by atoms with Crippen LogP contribution in [0.1, 0.15) is 27.2 Å². The molecule has 1 aliphatic heterocycles. The third-order valence-corrected chi connectivity index (χ3v) is 7.42. The quantitative estimate of drug-likeness (QED) is 0.427. The Hall–Kier alpha value is -3.64. The molecule has 1 saturated heterocycles. The molecule has 1 aromatic heterocycles. The molecule has 1 N–H and O–H groups in total. The lowest BCUT2D eigenvalue weighted by Crippen LogP contribution is -2.57. The van der Waals surface area contributed by atoms with Crippen molar-refractivity contribution in [2.75, 3.05) is 13.1 Å². The van der Waals surface area contributed by atoms with Gasteiger partial charge in [0.15, 0.2) is 0 Å². The lowest BCUT2D eigenvalue weighted by Gasteiger charge is -2.41. The number of carbonyl (C=O) groups excluding carboxylic acids is 2. The Kier molecular flexibility index (Phi) is 6.32. The lowest BCUT2D eigenvalue weighted by atomic mass is 10.0. The number of amides is 2. The smallest absolute Gasteiger partial charge is 0.264 e. The molecule has 0 radical (unpaired) electrons. The highest BCUT2D eigenvalue weighted by Crippen LogP contribution is 2.28. The number of phenolic OH excluding ortho intramolecular Hbond substituents is 1. The predicted molar refractivity (Wildman–Crippen MR) is 135 cm³/mol. The molecule has 5 nitrogen and oxygen atoms in total. The number of benzene rings is 3. The van der Waals surface area contributed by atoms with Crippen molar-refractivity contribution in [3.05, 3.63) is 101 Å². The highest BCUT2D eigenvalue weighted by atomic mass is 32.1. The molecule has 1 aliphatic rings. The van der Waals surface area contributed by atoms with E-state index in [0.29, 0.717) is 18.0 Å². The van der Waals surface area contributed by atoms with Gasteiger partial charge in [0.05, 0.1) is 10.9 Å². The lowest BCUT2D eigenvalue weighted by molar-refractivity contribution is -0.139. The highest BCUT2D eigenvalue weighted by molar-refractivity contribution is 7.20. The molecule has 0 aliphatic carbocycles. The summed E-state index contributed by atoms with van der Waals surface area (Å²) in [7, 11) is 0. The minimum absolute atomic E-state index is 0.0632. The molecule has 0 bridgehead atoms. The van der Waals surface area contributed by atoms with Gasteiger partial charge in [-0.15, -0.1) is 11.3 Å². The molecule has 1 fully saturated rings.